The van der Waals surface area contributed by atoms with E-state index in [1.807, 2.05) is 0 Å². The molecule has 100 valence electrons. The molecule has 1 aromatic carbocycles. The second-order valence-corrected chi connectivity index (χ2v) is 4.48. The van der Waals surface area contributed by atoms with Crippen LogP contribution in [0.25, 0.3) is 17.1 Å². The van der Waals surface area contributed by atoms with E-state index in [9.17, 15) is 9.90 Å². The molecule has 0 atom stereocenters. The Labute approximate surface area is 119 Å². The third-order valence-corrected chi connectivity index (χ3v) is 3.12. The van der Waals surface area contributed by atoms with Gasteiger partial charge < -0.3 is 9.52 Å². The summed E-state index contributed by atoms with van der Waals surface area (Å²) < 4.78 is 6.65. The van der Waals surface area contributed by atoms with Gasteiger partial charge in [-0.25, -0.2) is 9.48 Å². The number of furan rings is 1. The van der Waals surface area contributed by atoms with Gasteiger partial charge in [0, 0.05) is 6.20 Å². The van der Waals surface area contributed by atoms with E-state index in [2.05, 4.69) is 5.10 Å². The number of aromatic carboxylic acids is 1. The van der Waals surface area contributed by atoms with Crippen LogP contribution < -0.4 is 0 Å². The molecule has 0 aliphatic carbocycles. The van der Waals surface area contributed by atoms with Crippen molar-refractivity contribution < 1.29 is 14.3 Å². The lowest BCUT2D eigenvalue weighted by atomic mass is 10.2. The molecule has 0 radical (unpaired) electrons. The number of nitrogens with zero attached hydrogens (tertiary/aromatic N) is 2. The lowest BCUT2D eigenvalue weighted by Crippen LogP contribution is -1.96. The Kier molecular flexibility index (Phi) is 3.04. The summed E-state index contributed by atoms with van der Waals surface area (Å²) in [7, 11) is 0. The zero-order valence-electron chi connectivity index (χ0n) is 10.2. The predicted octanol–water partition coefficient (Wildman–Crippen LogP) is 3.48. The monoisotopic (exact) mass is 288 g/mol. The molecule has 1 N–H and O–H groups in total. The zero-order chi connectivity index (χ0) is 14.1. The molecule has 0 saturated carbocycles. The van der Waals surface area contributed by atoms with Crippen LogP contribution in [0, 0.1) is 0 Å². The molecule has 0 saturated heterocycles. The SMILES string of the molecule is O=C(O)c1cn(-c2ccccc2Cl)nc1-c1ccco1. The van der Waals surface area contributed by atoms with Gasteiger partial charge in [0.25, 0.3) is 0 Å². The zero-order valence-corrected chi connectivity index (χ0v) is 10.9. The first-order valence-corrected chi connectivity index (χ1v) is 6.16. The number of halogens is 1. The Hall–Kier alpha value is -2.53. The molecule has 0 amide bonds. The second kappa shape index (κ2) is 4.86. The highest BCUT2D eigenvalue weighted by atomic mass is 35.5. The van der Waals surface area contributed by atoms with Crippen molar-refractivity contribution >= 4 is 17.6 Å². The number of carboxylic acid groups (broad SMARTS) is 1. The van der Waals surface area contributed by atoms with Crippen LogP contribution in [0.5, 0.6) is 0 Å². The number of para-hydroxylation sites is 1. The summed E-state index contributed by atoms with van der Waals surface area (Å²) in [4.78, 5) is 11.3. The van der Waals surface area contributed by atoms with Gasteiger partial charge in [-0.2, -0.15) is 5.10 Å². The van der Waals surface area contributed by atoms with Crippen LogP contribution in [-0.2, 0) is 0 Å². The molecule has 0 fully saturated rings. The molecular formula is C14H9ClN2O3. The summed E-state index contributed by atoms with van der Waals surface area (Å²) in [5, 5.41) is 14.0. The van der Waals surface area contributed by atoms with E-state index in [4.69, 9.17) is 16.0 Å². The van der Waals surface area contributed by atoms with Crippen molar-refractivity contribution in [3.8, 4) is 17.1 Å². The average Bonchev–Trinajstić information content (AvgIpc) is 3.08. The molecule has 3 rings (SSSR count). The second-order valence-electron chi connectivity index (χ2n) is 4.07. The van der Waals surface area contributed by atoms with Gasteiger partial charge in [0.1, 0.15) is 11.3 Å². The number of hydrogen-bond acceptors (Lipinski definition) is 3. The minimum atomic E-state index is -1.07. The van der Waals surface area contributed by atoms with E-state index >= 15 is 0 Å². The van der Waals surface area contributed by atoms with Crippen molar-refractivity contribution in [1.29, 1.82) is 0 Å². The summed E-state index contributed by atoms with van der Waals surface area (Å²) in [6.07, 6.45) is 2.89. The summed E-state index contributed by atoms with van der Waals surface area (Å²) in [6.45, 7) is 0. The number of hydrogen-bond donors (Lipinski definition) is 1. The largest absolute Gasteiger partial charge is 0.478 e. The standard InChI is InChI=1S/C14H9ClN2O3/c15-10-4-1-2-5-11(10)17-8-9(14(18)19)13(16-17)12-6-3-7-20-12/h1-8H,(H,18,19). The fourth-order valence-corrected chi connectivity index (χ4v) is 2.11. The topological polar surface area (TPSA) is 68.3 Å². The van der Waals surface area contributed by atoms with E-state index in [1.54, 1.807) is 36.4 Å². The number of rotatable bonds is 3. The van der Waals surface area contributed by atoms with E-state index in [0.29, 0.717) is 16.5 Å². The molecule has 3 aromatic rings. The fourth-order valence-electron chi connectivity index (χ4n) is 1.89. The van der Waals surface area contributed by atoms with Crippen molar-refractivity contribution in [3.05, 3.63) is 59.4 Å². The molecule has 0 spiro atoms. The average molecular weight is 289 g/mol. The fraction of sp³-hybridized carbons (Fsp3) is 0. The quantitative estimate of drug-likeness (QED) is 0.801. The van der Waals surface area contributed by atoms with Gasteiger partial charge in [-0.15, -0.1) is 0 Å². The predicted molar refractivity (Wildman–Crippen MR) is 73.2 cm³/mol. The Morgan fingerprint density at radius 1 is 1.25 bits per heavy atom. The van der Waals surface area contributed by atoms with Gasteiger partial charge in [-0.1, -0.05) is 23.7 Å². The lowest BCUT2D eigenvalue weighted by Gasteiger charge is -2.02. The maximum Gasteiger partial charge on any atom is 0.339 e. The van der Waals surface area contributed by atoms with Gasteiger partial charge in [0.2, 0.25) is 0 Å². The molecule has 0 unspecified atom stereocenters. The third-order valence-electron chi connectivity index (χ3n) is 2.80. The Morgan fingerprint density at radius 3 is 2.70 bits per heavy atom. The van der Waals surface area contributed by atoms with Gasteiger partial charge in [-0.3, -0.25) is 0 Å². The van der Waals surface area contributed by atoms with Crippen LogP contribution in [0.1, 0.15) is 10.4 Å². The molecule has 5 nitrogen and oxygen atoms in total. The van der Waals surface area contributed by atoms with Crippen molar-refractivity contribution in [3.63, 3.8) is 0 Å². The van der Waals surface area contributed by atoms with Crippen LogP contribution in [0.15, 0.2) is 53.3 Å². The van der Waals surface area contributed by atoms with E-state index in [0.717, 1.165) is 0 Å². The minimum absolute atomic E-state index is 0.0554. The normalized spacial score (nSPS) is 10.7. The number of aromatic nitrogens is 2. The smallest absolute Gasteiger partial charge is 0.339 e. The number of carboxylic acids is 1. The van der Waals surface area contributed by atoms with Gasteiger partial charge in [-0.05, 0) is 24.3 Å². The Morgan fingerprint density at radius 2 is 2.05 bits per heavy atom. The van der Waals surface area contributed by atoms with E-state index in [-0.39, 0.29) is 11.3 Å². The molecule has 0 aliphatic rings. The first-order valence-electron chi connectivity index (χ1n) is 5.78. The Bertz CT molecular complexity index is 763. The first-order chi connectivity index (χ1) is 9.66. The first kappa shape index (κ1) is 12.5. The lowest BCUT2D eigenvalue weighted by molar-refractivity contribution is 0.0697. The van der Waals surface area contributed by atoms with Crippen LogP contribution >= 0.6 is 11.6 Å². The van der Waals surface area contributed by atoms with Crippen molar-refractivity contribution in [1.82, 2.24) is 9.78 Å². The summed E-state index contributed by atoms with van der Waals surface area (Å²) in [6, 6.07) is 10.4. The van der Waals surface area contributed by atoms with Gasteiger partial charge in [0.15, 0.2) is 5.76 Å². The maximum atomic E-state index is 11.3. The van der Waals surface area contributed by atoms with Gasteiger partial charge >= 0.3 is 5.97 Å². The highest BCUT2D eigenvalue weighted by Gasteiger charge is 2.20. The summed E-state index contributed by atoms with van der Waals surface area (Å²) in [5.74, 6) is -0.678. The van der Waals surface area contributed by atoms with Crippen LogP contribution in [0.3, 0.4) is 0 Å². The van der Waals surface area contributed by atoms with E-state index < -0.39 is 5.97 Å². The molecular weight excluding hydrogens is 280 g/mol. The minimum Gasteiger partial charge on any atom is -0.478 e. The van der Waals surface area contributed by atoms with Crippen molar-refractivity contribution in [2.75, 3.05) is 0 Å². The van der Waals surface area contributed by atoms with Crippen LogP contribution in [0.2, 0.25) is 5.02 Å². The van der Waals surface area contributed by atoms with Gasteiger partial charge in [0.05, 0.1) is 17.0 Å². The number of carbonyl (C=O) groups is 1. The summed E-state index contributed by atoms with van der Waals surface area (Å²) in [5.41, 5.74) is 0.928. The molecule has 20 heavy (non-hydrogen) atoms. The van der Waals surface area contributed by atoms with Crippen LogP contribution in [-0.4, -0.2) is 20.9 Å². The summed E-state index contributed by atoms with van der Waals surface area (Å²) >= 11 is 6.09. The molecule has 0 bridgehead atoms. The highest BCUT2D eigenvalue weighted by molar-refractivity contribution is 6.32. The van der Waals surface area contributed by atoms with Crippen molar-refractivity contribution in [2.24, 2.45) is 0 Å². The maximum absolute atomic E-state index is 11.3. The molecule has 6 heteroatoms. The van der Waals surface area contributed by atoms with Crippen molar-refractivity contribution in [2.45, 2.75) is 0 Å². The molecule has 0 aliphatic heterocycles. The third kappa shape index (κ3) is 2.08. The molecule has 2 heterocycles. The molecule has 2 aromatic heterocycles. The Balaban J connectivity index is 2.18. The van der Waals surface area contributed by atoms with Crippen LogP contribution in [0.4, 0.5) is 0 Å². The highest BCUT2D eigenvalue weighted by Crippen LogP contribution is 2.26. The van der Waals surface area contributed by atoms with E-state index in [1.165, 1.54) is 17.1 Å². The number of benzene rings is 1.